The number of hydrogen-bond donors (Lipinski definition) is 0. The predicted molar refractivity (Wildman–Crippen MR) is 64.4 cm³/mol. The maximum absolute atomic E-state index is 10.8. The van der Waals surface area contributed by atoms with Crippen LogP contribution in [0.3, 0.4) is 0 Å². The lowest BCUT2D eigenvalue weighted by Gasteiger charge is -2.11. The minimum Gasteiger partial charge on any atom is -0.373 e. The smallest absolute Gasteiger partial charge is 0.214 e. The van der Waals surface area contributed by atoms with Crippen LogP contribution in [0.4, 0.5) is 0 Å². The van der Waals surface area contributed by atoms with E-state index in [9.17, 15) is 4.79 Å². The fraction of sp³-hybridized carbons (Fsp3) is 0.308. The van der Waals surface area contributed by atoms with E-state index in [1.54, 1.807) is 11.8 Å². The third-order valence-corrected chi connectivity index (χ3v) is 3.27. The van der Waals surface area contributed by atoms with Gasteiger partial charge in [0.15, 0.2) is 12.1 Å². The van der Waals surface area contributed by atoms with Crippen molar-refractivity contribution in [2.75, 3.05) is 7.11 Å². The van der Waals surface area contributed by atoms with Crippen molar-refractivity contribution in [2.24, 2.45) is 0 Å². The third kappa shape index (κ3) is 1.64. The van der Waals surface area contributed by atoms with Gasteiger partial charge in [-0.2, -0.15) is 0 Å². The zero-order valence-electron chi connectivity index (χ0n) is 9.98. The number of methoxy groups -OCH3 is 1. The molecule has 2 atom stereocenters. The monoisotopic (exact) mass is 243 g/mol. The highest BCUT2D eigenvalue weighted by atomic mass is 16.5. The molecular weight excluding hydrogens is 230 g/mol. The molecule has 0 bridgehead atoms. The van der Waals surface area contributed by atoms with Crippen molar-refractivity contribution in [3.8, 4) is 0 Å². The molecule has 0 fully saturated rings. The Labute approximate surface area is 104 Å². The summed E-state index contributed by atoms with van der Waals surface area (Å²) < 4.78 is 7.21. The predicted octanol–water partition coefficient (Wildman–Crippen LogP) is 1.77. The van der Waals surface area contributed by atoms with E-state index in [-0.39, 0.29) is 18.0 Å². The van der Waals surface area contributed by atoms with Gasteiger partial charge in [-0.25, -0.2) is 9.67 Å². The molecule has 2 heterocycles. The first-order valence-corrected chi connectivity index (χ1v) is 5.83. The number of benzene rings is 1. The van der Waals surface area contributed by atoms with Gasteiger partial charge in [0, 0.05) is 13.5 Å². The molecule has 1 aromatic carbocycles. The fourth-order valence-corrected chi connectivity index (χ4v) is 2.41. The SMILES string of the molecule is CO[C@H]1C[C@@H](c2ccccc2)n2nc(C=O)nc21. The number of hydrogen-bond acceptors (Lipinski definition) is 4. The van der Waals surface area contributed by atoms with E-state index in [4.69, 9.17) is 4.74 Å². The normalized spacial score (nSPS) is 21.8. The van der Waals surface area contributed by atoms with Crippen LogP contribution in [-0.4, -0.2) is 28.2 Å². The maximum atomic E-state index is 10.8. The molecule has 1 aliphatic rings. The second-order valence-electron chi connectivity index (χ2n) is 4.28. The highest BCUT2D eigenvalue weighted by molar-refractivity contribution is 5.68. The van der Waals surface area contributed by atoms with Crippen LogP contribution in [0.5, 0.6) is 0 Å². The minimum atomic E-state index is -0.101. The molecule has 0 saturated heterocycles. The first-order valence-electron chi connectivity index (χ1n) is 5.83. The zero-order valence-corrected chi connectivity index (χ0v) is 9.98. The first-order chi connectivity index (χ1) is 8.83. The molecule has 92 valence electrons. The van der Waals surface area contributed by atoms with Gasteiger partial charge in [-0.15, -0.1) is 5.10 Å². The van der Waals surface area contributed by atoms with Crippen molar-refractivity contribution in [2.45, 2.75) is 18.6 Å². The summed E-state index contributed by atoms with van der Waals surface area (Å²) in [4.78, 5) is 15.0. The summed E-state index contributed by atoms with van der Waals surface area (Å²) in [6.07, 6.45) is 1.37. The molecule has 0 radical (unpaired) electrons. The fourth-order valence-electron chi connectivity index (χ4n) is 2.41. The maximum Gasteiger partial charge on any atom is 0.214 e. The molecule has 1 aliphatic heterocycles. The van der Waals surface area contributed by atoms with Crippen molar-refractivity contribution in [1.82, 2.24) is 14.8 Å². The van der Waals surface area contributed by atoms with Gasteiger partial charge < -0.3 is 4.74 Å². The lowest BCUT2D eigenvalue weighted by atomic mass is 10.0. The van der Waals surface area contributed by atoms with Gasteiger partial charge in [0.25, 0.3) is 0 Å². The van der Waals surface area contributed by atoms with E-state index in [0.717, 1.165) is 17.8 Å². The van der Waals surface area contributed by atoms with Crippen LogP contribution in [0, 0.1) is 0 Å². The Bertz CT molecular complexity index is 565. The quantitative estimate of drug-likeness (QED) is 0.771. The van der Waals surface area contributed by atoms with Gasteiger partial charge in [-0.3, -0.25) is 4.79 Å². The van der Waals surface area contributed by atoms with E-state index in [1.807, 2.05) is 18.2 Å². The first kappa shape index (κ1) is 11.1. The molecule has 0 unspecified atom stereocenters. The molecule has 0 N–H and O–H groups in total. The lowest BCUT2D eigenvalue weighted by Crippen LogP contribution is -2.07. The van der Waals surface area contributed by atoms with Crippen molar-refractivity contribution in [3.05, 3.63) is 47.5 Å². The Kier molecular flexibility index (Phi) is 2.68. The number of ether oxygens (including phenoxy) is 1. The second kappa shape index (κ2) is 4.34. The van der Waals surface area contributed by atoms with E-state index in [0.29, 0.717) is 6.29 Å². The van der Waals surface area contributed by atoms with Crippen LogP contribution in [0.1, 0.15) is 40.6 Å². The van der Waals surface area contributed by atoms with E-state index >= 15 is 0 Å². The molecule has 0 aliphatic carbocycles. The summed E-state index contributed by atoms with van der Waals surface area (Å²) in [6.45, 7) is 0. The van der Waals surface area contributed by atoms with Crippen molar-refractivity contribution < 1.29 is 9.53 Å². The Morgan fingerprint density at radius 3 is 2.83 bits per heavy atom. The van der Waals surface area contributed by atoms with Crippen molar-refractivity contribution >= 4 is 6.29 Å². The molecule has 5 heteroatoms. The van der Waals surface area contributed by atoms with Crippen molar-refractivity contribution in [1.29, 1.82) is 0 Å². The Morgan fingerprint density at radius 1 is 1.39 bits per heavy atom. The molecule has 0 amide bonds. The summed E-state index contributed by atoms with van der Waals surface area (Å²) in [5, 5.41) is 4.22. The van der Waals surface area contributed by atoms with Gasteiger partial charge >= 0.3 is 0 Å². The largest absolute Gasteiger partial charge is 0.373 e. The topological polar surface area (TPSA) is 57.0 Å². The highest BCUT2D eigenvalue weighted by Crippen LogP contribution is 2.38. The Morgan fingerprint density at radius 2 is 2.17 bits per heavy atom. The zero-order chi connectivity index (χ0) is 12.5. The lowest BCUT2D eigenvalue weighted by molar-refractivity contribution is 0.0988. The van der Waals surface area contributed by atoms with Gasteiger partial charge in [-0.05, 0) is 5.56 Å². The molecular formula is C13H13N3O2. The number of carbonyl (C=O) groups excluding carboxylic acids is 1. The van der Waals surface area contributed by atoms with Crippen LogP contribution in [0.2, 0.25) is 0 Å². The van der Waals surface area contributed by atoms with Gasteiger partial charge in [0.05, 0.1) is 6.04 Å². The van der Waals surface area contributed by atoms with E-state index < -0.39 is 0 Å². The summed E-state index contributed by atoms with van der Waals surface area (Å²) in [6, 6.07) is 10.2. The molecule has 5 nitrogen and oxygen atoms in total. The van der Waals surface area contributed by atoms with E-state index in [2.05, 4.69) is 22.2 Å². The molecule has 1 aromatic heterocycles. The number of aldehydes is 1. The van der Waals surface area contributed by atoms with Gasteiger partial charge in [-0.1, -0.05) is 30.3 Å². The van der Waals surface area contributed by atoms with Crippen LogP contribution >= 0.6 is 0 Å². The number of aromatic nitrogens is 3. The molecule has 0 spiro atoms. The van der Waals surface area contributed by atoms with E-state index in [1.165, 1.54) is 0 Å². The van der Waals surface area contributed by atoms with Crippen LogP contribution in [0.15, 0.2) is 30.3 Å². The average Bonchev–Trinajstić information content (AvgIpc) is 2.97. The Balaban J connectivity index is 2.05. The minimum absolute atomic E-state index is 0.0901. The molecule has 3 rings (SSSR count). The standard InChI is InChI=1S/C13H13N3O2/c1-18-11-7-10(9-5-3-2-4-6-9)16-13(11)14-12(8-17)15-16/h2-6,8,10-11H,7H2,1H3/t10-,11-/m0/s1. The number of fused-ring (bicyclic) bond motifs is 1. The van der Waals surface area contributed by atoms with Gasteiger partial charge in [0.1, 0.15) is 6.10 Å². The van der Waals surface area contributed by atoms with Crippen molar-refractivity contribution in [3.63, 3.8) is 0 Å². The molecule has 0 saturated carbocycles. The number of rotatable bonds is 3. The third-order valence-electron chi connectivity index (χ3n) is 3.27. The average molecular weight is 243 g/mol. The number of carbonyl (C=O) groups is 1. The van der Waals surface area contributed by atoms with Crippen LogP contribution in [-0.2, 0) is 4.74 Å². The van der Waals surface area contributed by atoms with Gasteiger partial charge in [0.2, 0.25) is 5.82 Å². The summed E-state index contributed by atoms with van der Waals surface area (Å²) in [5.74, 6) is 0.945. The summed E-state index contributed by atoms with van der Waals surface area (Å²) >= 11 is 0. The summed E-state index contributed by atoms with van der Waals surface area (Å²) in [7, 11) is 1.65. The molecule has 2 aromatic rings. The molecule has 18 heavy (non-hydrogen) atoms. The number of nitrogens with zero attached hydrogens (tertiary/aromatic N) is 3. The van der Waals surface area contributed by atoms with Crippen LogP contribution < -0.4 is 0 Å². The summed E-state index contributed by atoms with van der Waals surface area (Å²) in [5.41, 5.74) is 1.15. The highest BCUT2D eigenvalue weighted by Gasteiger charge is 2.35. The second-order valence-corrected chi connectivity index (χ2v) is 4.28. The van der Waals surface area contributed by atoms with Crippen LogP contribution in [0.25, 0.3) is 0 Å². The Hall–Kier alpha value is -2.01.